The van der Waals surface area contributed by atoms with E-state index in [1.807, 2.05) is 60.7 Å². The molecule has 4 heteroatoms. The zero-order chi connectivity index (χ0) is 14.2. The van der Waals surface area contributed by atoms with Gasteiger partial charge in [-0.05, 0) is 23.5 Å². The summed E-state index contributed by atoms with van der Waals surface area (Å²) in [4.78, 5) is 0. The van der Waals surface area contributed by atoms with Gasteiger partial charge in [-0.3, -0.25) is 0 Å². The van der Waals surface area contributed by atoms with Gasteiger partial charge in [0.25, 0.3) is 0 Å². The first-order chi connectivity index (χ1) is 9.52. The number of benzene rings is 2. The third kappa shape index (κ3) is 2.40. The van der Waals surface area contributed by atoms with E-state index in [0.717, 1.165) is 11.1 Å². The van der Waals surface area contributed by atoms with Crippen LogP contribution < -0.4 is 0 Å². The molecule has 20 heavy (non-hydrogen) atoms. The molecular weight excluding hydrogens is 277 g/mol. The average Bonchev–Trinajstić information content (AvgIpc) is 3.14. The highest BCUT2D eigenvalue weighted by Gasteiger charge is 2.60. The molecule has 1 unspecified atom stereocenters. The largest absolute Gasteiger partial charge is 0.616 e. The lowest BCUT2D eigenvalue weighted by Crippen LogP contribution is -2.20. The summed E-state index contributed by atoms with van der Waals surface area (Å²) in [6.07, 6.45) is 0.605. The minimum absolute atomic E-state index is 0.293. The normalized spacial score (nSPS) is 20.6. The van der Waals surface area contributed by atoms with Crippen LogP contribution in [-0.4, -0.2) is 9.08 Å². The molecule has 3 rings (SSSR count). The van der Waals surface area contributed by atoms with E-state index in [1.165, 1.54) is 0 Å². The second kappa shape index (κ2) is 4.77. The first kappa shape index (κ1) is 13.4. The molecule has 0 saturated heterocycles. The molecule has 0 N–H and O–H groups in total. The van der Waals surface area contributed by atoms with Gasteiger partial charge in [-0.25, -0.2) is 12.3 Å². The fraction of sp³-hybridized carbons (Fsp3) is 0.250. The zero-order valence-corrected chi connectivity index (χ0v) is 11.9. The Morgan fingerprint density at radius 1 is 0.850 bits per heavy atom. The van der Waals surface area contributed by atoms with Crippen molar-refractivity contribution >= 4 is 9.08 Å². The lowest BCUT2D eigenvalue weighted by Gasteiger charge is -2.19. The molecule has 1 aliphatic rings. The van der Waals surface area contributed by atoms with Crippen LogP contribution in [0.5, 0.6) is 0 Å². The summed E-state index contributed by atoms with van der Waals surface area (Å²) in [5, 5.41) is 0. The number of rotatable bonds is 4. The monoisotopic (exact) mass is 292 g/mol. The summed E-state index contributed by atoms with van der Waals surface area (Å²) in [6, 6.07) is 18.6. The Labute approximate surface area is 117 Å². The van der Waals surface area contributed by atoms with E-state index in [4.69, 9.17) is 0 Å². The fourth-order valence-corrected chi connectivity index (χ4v) is 4.25. The molecule has 0 bridgehead atoms. The quantitative estimate of drug-likeness (QED) is 0.559. The van der Waals surface area contributed by atoms with E-state index in [1.54, 1.807) is 0 Å². The Bertz CT molecular complexity index is 538. The Morgan fingerprint density at radius 3 is 1.70 bits per heavy atom. The molecule has 0 spiro atoms. The highest BCUT2D eigenvalue weighted by atomic mass is 28.5. The van der Waals surface area contributed by atoms with Gasteiger partial charge in [0.15, 0.2) is 0 Å². The van der Waals surface area contributed by atoms with E-state index >= 15 is 0 Å². The van der Waals surface area contributed by atoms with Gasteiger partial charge >= 0.3 is 9.08 Å². The van der Waals surface area contributed by atoms with Gasteiger partial charge in [-0.2, -0.15) is 0 Å². The fourth-order valence-electron chi connectivity index (χ4n) is 3.20. The second-order valence-corrected chi connectivity index (χ2v) is 7.06. The first-order valence-corrected chi connectivity index (χ1v) is 8.54. The zero-order valence-electron chi connectivity index (χ0n) is 10.9. The van der Waals surface area contributed by atoms with Gasteiger partial charge in [0.05, 0.1) is 0 Å². The molecule has 1 aliphatic carbocycles. The molecule has 1 atom stereocenters. The lowest BCUT2D eigenvalue weighted by molar-refractivity contribution is 0.456. The number of halogens is 3. The molecule has 0 aromatic heterocycles. The number of hydrogen-bond donors (Lipinski definition) is 0. The predicted molar refractivity (Wildman–Crippen MR) is 75.7 cm³/mol. The molecule has 0 amide bonds. The van der Waals surface area contributed by atoms with Crippen molar-refractivity contribution in [1.82, 2.24) is 0 Å². The van der Waals surface area contributed by atoms with Crippen LogP contribution in [0.25, 0.3) is 0 Å². The van der Waals surface area contributed by atoms with E-state index < -0.39 is 20.5 Å². The van der Waals surface area contributed by atoms with E-state index in [0.29, 0.717) is 6.42 Å². The molecule has 2 aromatic rings. The maximum absolute atomic E-state index is 12.9. The van der Waals surface area contributed by atoms with Crippen LogP contribution in [-0.2, 0) is 5.41 Å². The molecule has 0 nitrogen and oxygen atoms in total. The summed E-state index contributed by atoms with van der Waals surface area (Å²) < 4.78 is 38.6. The highest BCUT2D eigenvalue weighted by Crippen LogP contribution is 2.61. The predicted octanol–water partition coefficient (Wildman–Crippen LogP) is 4.84. The first-order valence-electron chi connectivity index (χ1n) is 6.70. The van der Waals surface area contributed by atoms with Crippen molar-refractivity contribution < 1.29 is 12.3 Å². The topological polar surface area (TPSA) is 0 Å². The molecule has 0 radical (unpaired) electrons. The van der Waals surface area contributed by atoms with Gasteiger partial charge in [-0.1, -0.05) is 60.7 Å². The van der Waals surface area contributed by atoms with Crippen LogP contribution in [0, 0.1) is 5.92 Å². The maximum Gasteiger partial charge on any atom is 0.616 e. The van der Waals surface area contributed by atoms with Crippen molar-refractivity contribution in [3.05, 3.63) is 71.8 Å². The lowest BCUT2D eigenvalue weighted by atomic mass is 9.86. The van der Waals surface area contributed by atoms with Gasteiger partial charge in [-0.15, -0.1) is 0 Å². The molecule has 0 heterocycles. The summed E-state index contributed by atoms with van der Waals surface area (Å²) in [6.45, 7) is 0. The molecule has 104 valence electrons. The second-order valence-electron chi connectivity index (χ2n) is 5.42. The highest BCUT2D eigenvalue weighted by molar-refractivity contribution is 6.58. The van der Waals surface area contributed by atoms with Crippen molar-refractivity contribution in [2.45, 2.75) is 17.9 Å². The Kier molecular flexibility index (Phi) is 3.20. The SMILES string of the molecule is F[Si](F)(F)CC1CC1(c1ccccc1)c1ccccc1. The van der Waals surface area contributed by atoms with Gasteiger partial charge in [0.2, 0.25) is 0 Å². The smallest absolute Gasteiger partial charge is 0.238 e. The Hall–Kier alpha value is -1.55. The average molecular weight is 292 g/mol. The van der Waals surface area contributed by atoms with Crippen molar-refractivity contribution in [2.75, 3.05) is 0 Å². The van der Waals surface area contributed by atoms with Crippen LogP contribution in [0.15, 0.2) is 60.7 Å². The van der Waals surface area contributed by atoms with Crippen molar-refractivity contribution in [1.29, 1.82) is 0 Å². The van der Waals surface area contributed by atoms with Crippen molar-refractivity contribution in [3.8, 4) is 0 Å². The van der Waals surface area contributed by atoms with Crippen molar-refractivity contribution in [2.24, 2.45) is 5.92 Å². The molecular formula is C16H15F3Si. The van der Waals surface area contributed by atoms with E-state index in [2.05, 4.69) is 0 Å². The molecule has 1 saturated carbocycles. The van der Waals surface area contributed by atoms with Crippen molar-refractivity contribution in [3.63, 3.8) is 0 Å². The van der Waals surface area contributed by atoms with Crippen LogP contribution in [0.1, 0.15) is 17.5 Å². The van der Waals surface area contributed by atoms with E-state index in [-0.39, 0.29) is 5.92 Å². The van der Waals surface area contributed by atoms with Crippen LogP contribution in [0.2, 0.25) is 6.04 Å². The summed E-state index contributed by atoms with van der Waals surface area (Å²) in [5.74, 6) is -0.293. The molecule has 0 aliphatic heterocycles. The van der Waals surface area contributed by atoms with Gasteiger partial charge in [0.1, 0.15) is 0 Å². The Morgan fingerprint density at radius 2 is 1.30 bits per heavy atom. The number of hydrogen-bond acceptors (Lipinski definition) is 0. The Balaban J connectivity index is 1.99. The van der Waals surface area contributed by atoms with Gasteiger partial charge < -0.3 is 0 Å². The molecule has 1 fully saturated rings. The third-order valence-corrected chi connectivity index (χ3v) is 5.12. The van der Waals surface area contributed by atoms with Gasteiger partial charge in [0, 0.05) is 11.5 Å². The maximum atomic E-state index is 12.9. The standard InChI is InChI=1S/C16H15F3Si/c17-20(18,19)12-15-11-16(15,13-7-3-1-4-8-13)14-9-5-2-6-10-14/h1-10,15H,11-12H2. The van der Waals surface area contributed by atoms with E-state index in [9.17, 15) is 12.3 Å². The third-order valence-electron chi connectivity index (χ3n) is 4.16. The summed E-state index contributed by atoms with van der Waals surface area (Å²) in [7, 11) is -5.51. The minimum Gasteiger partial charge on any atom is -0.238 e. The summed E-state index contributed by atoms with van der Waals surface area (Å²) in [5.41, 5.74) is 1.59. The molecule has 2 aromatic carbocycles. The minimum atomic E-state index is -5.51. The van der Waals surface area contributed by atoms with Crippen LogP contribution >= 0.6 is 0 Å². The summed E-state index contributed by atoms with van der Waals surface area (Å²) >= 11 is 0. The van der Waals surface area contributed by atoms with Crippen LogP contribution in [0.4, 0.5) is 12.3 Å². The van der Waals surface area contributed by atoms with Crippen LogP contribution in [0.3, 0.4) is 0 Å².